The van der Waals surface area contributed by atoms with E-state index in [-0.39, 0.29) is 6.23 Å². The van der Waals surface area contributed by atoms with E-state index in [0.717, 1.165) is 26.2 Å². The summed E-state index contributed by atoms with van der Waals surface area (Å²) in [6, 6.07) is 6.42. The van der Waals surface area contributed by atoms with Crippen molar-refractivity contribution in [3.05, 3.63) is 22.4 Å². The Labute approximate surface area is 144 Å². The minimum Gasteiger partial charge on any atom is -0.364 e. The Morgan fingerprint density at radius 1 is 1.30 bits per heavy atom. The smallest absolute Gasteiger partial charge is 0.108 e. The number of nitrogens with one attached hydrogen (secondary N) is 2. The summed E-state index contributed by atoms with van der Waals surface area (Å²) in [5.74, 6) is 0. The second-order valence-electron chi connectivity index (χ2n) is 6.77. The topological polar surface area (TPSA) is 36.5 Å². The van der Waals surface area contributed by atoms with E-state index in [1.807, 2.05) is 11.3 Å². The third-order valence-corrected chi connectivity index (χ3v) is 6.11. The van der Waals surface area contributed by atoms with Gasteiger partial charge in [0.25, 0.3) is 0 Å². The molecule has 2 N–H and O–H groups in total. The van der Waals surface area contributed by atoms with E-state index in [2.05, 4.69) is 46.9 Å². The van der Waals surface area contributed by atoms with E-state index in [1.54, 1.807) is 0 Å². The van der Waals surface area contributed by atoms with Crippen molar-refractivity contribution in [2.24, 2.45) is 0 Å². The number of hydrogen-bond donors (Lipinski definition) is 2. The molecular weight excluding hydrogens is 306 g/mol. The normalized spacial score (nSPS) is 29.0. The van der Waals surface area contributed by atoms with Crippen molar-refractivity contribution < 1.29 is 4.74 Å². The van der Waals surface area contributed by atoms with Crippen LogP contribution in [0.1, 0.15) is 44.4 Å². The molecule has 2 saturated heterocycles. The van der Waals surface area contributed by atoms with Crippen molar-refractivity contribution >= 4 is 11.3 Å². The lowest BCUT2D eigenvalue weighted by Crippen LogP contribution is -2.53. The van der Waals surface area contributed by atoms with Gasteiger partial charge in [0.15, 0.2) is 0 Å². The van der Waals surface area contributed by atoms with Gasteiger partial charge in [-0.2, -0.15) is 0 Å². The predicted molar refractivity (Wildman–Crippen MR) is 96.8 cm³/mol. The predicted octanol–water partition coefficient (Wildman–Crippen LogP) is 2.81. The third-order valence-electron chi connectivity index (χ3n) is 5.23. The van der Waals surface area contributed by atoms with Gasteiger partial charge in [0.1, 0.15) is 6.23 Å². The minimum atomic E-state index is 0.283. The van der Waals surface area contributed by atoms with Gasteiger partial charge in [-0.1, -0.05) is 6.07 Å². The quantitative estimate of drug-likeness (QED) is 0.680. The van der Waals surface area contributed by atoms with Crippen molar-refractivity contribution in [3.8, 4) is 0 Å². The molecule has 0 radical (unpaired) electrons. The van der Waals surface area contributed by atoms with Gasteiger partial charge in [0.05, 0.1) is 0 Å². The van der Waals surface area contributed by atoms with Crippen LogP contribution in [0, 0.1) is 0 Å². The molecule has 130 valence electrons. The molecule has 0 aromatic carbocycles. The van der Waals surface area contributed by atoms with Crippen LogP contribution < -0.4 is 10.6 Å². The van der Waals surface area contributed by atoms with Crippen LogP contribution in [0.25, 0.3) is 0 Å². The molecule has 0 saturated carbocycles. The van der Waals surface area contributed by atoms with Crippen LogP contribution in [-0.2, 0) is 11.3 Å². The number of hydrogen-bond acceptors (Lipinski definition) is 5. The first-order valence-corrected chi connectivity index (χ1v) is 10.0. The highest BCUT2D eigenvalue weighted by Crippen LogP contribution is 2.37. The van der Waals surface area contributed by atoms with Gasteiger partial charge in [-0.3, -0.25) is 4.90 Å². The fraction of sp³-hybridized carbons (Fsp3) is 0.778. The Morgan fingerprint density at radius 3 is 2.74 bits per heavy atom. The maximum atomic E-state index is 5.84. The van der Waals surface area contributed by atoms with Gasteiger partial charge in [0, 0.05) is 49.2 Å². The number of nitrogens with zero attached hydrogens (tertiary/aromatic N) is 1. The average molecular weight is 338 g/mol. The lowest BCUT2D eigenvalue weighted by molar-refractivity contribution is -0.0827. The molecule has 3 rings (SSSR count). The SMILES string of the molecule is CCOC(C)N1C2CCC1CC(NCCNCc1cccs1)C2. The monoisotopic (exact) mass is 337 g/mol. The Bertz CT molecular complexity index is 439. The summed E-state index contributed by atoms with van der Waals surface area (Å²) in [7, 11) is 0. The van der Waals surface area contributed by atoms with E-state index in [9.17, 15) is 0 Å². The van der Waals surface area contributed by atoms with E-state index >= 15 is 0 Å². The summed E-state index contributed by atoms with van der Waals surface area (Å²) in [4.78, 5) is 4.05. The molecule has 0 aliphatic carbocycles. The van der Waals surface area contributed by atoms with Crippen LogP contribution in [0.2, 0.25) is 0 Å². The van der Waals surface area contributed by atoms with Gasteiger partial charge in [0.2, 0.25) is 0 Å². The lowest BCUT2D eigenvalue weighted by Gasteiger charge is -2.42. The molecule has 23 heavy (non-hydrogen) atoms. The number of thiophene rings is 1. The highest BCUT2D eigenvalue weighted by Gasteiger charge is 2.42. The molecule has 2 aliphatic rings. The maximum Gasteiger partial charge on any atom is 0.108 e. The zero-order valence-corrected chi connectivity index (χ0v) is 15.3. The molecule has 1 aromatic rings. The number of rotatable bonds is 9. The second kappa shape index (κ2) is 8.58. The average Bonchev–Trinajstić information content (AvgIpc) is 3.14. The largest absolute Gasteiger partial charge is 0.364 e. The molecule has 2 bridgehead atoms. The van der Waals surface area contributed by atoms with Crippen molar-refractivity contribution in [1.82, 2.24) is 15.5 Å². The fourth-order valence-corrected chi connectivity index (χ4v) is 4.96. The first-order chi connectivity index (χ1) is 11.3. The van der Waals surface area contributed by atoms with Crippen molar-refractivity contribution in [2.75, 3.05) is 19.7 Å². The second-order valence-corrected chi connectivity index (χ2v) is 7.80. The Balaban J connectivity index is 1.35. The molecule has 3 atom stereocenters. The number of ether oxygens (including phenoxy) is 1. The molecule has 3 heterocycles. The molecule has 0 spiro atoms. The van der Waals surface area contributed by atoms with Crippen LogP contribution in [0.15, 0.2) is 17.5 Å². The highest BCUT2D eigenvalue weighted by molar-refractivity contribution is 7.09. The third kappa shape index (κ3) is 4.54. The van der Waals surface area contributed by atoms with Gasteiger partial charge in [-0.15, -0.1) is 11.3 Å². The fourth-order valence-electron chi connectivity index (χ4n) is 4.29. The van der Waals surface area contributed by atoms with E-state index in [1.165, 1.54) is 30.6 Å². The van der Waals surface area contributed by atoms with Crippen LogP contribution in [0.5, 0.6) is 0 Å². The van der Waals surface area contributed by atoms with Gasteiger partial charge < -0.3 is 15.4 Å². The molecule has 2 fully saturated rings. The van der Waals surface area contributed by atoms with Gasteiger partial charge >= 0.3 is 0 Å². The summed E-state index contributed by atoms with van der Waals surface area (Å²) < 4.78 is 5.84. The maximum absolute atomic E-state index is 5.84. The van der Waals surface area contributed by atoms with Gasteiger partial charge in [-0.25, -0.2) is 0 Å². The van der Waals surface area contributed by atoms with Crippen molar-refractivity contribution in [1.29, 1.82) is 0 Å². The van der Waals surface area contributed by atoms with Crippen LogP contribution in [0.4, 0.5) is 0 Å². The van der Waals surface area contributed by atoms with Crippen molar-refractivity contribution in [3.63, 3.8) is 0 Å². The Hall–Kier alpha value is -0.460. The van der Waals surface area contributed by atoms with Crippen molar-refractivity contribution in [2.45, 2.75) is 70.4 Å². The number of fused-ring (bicyclic) bond motifs is 2. The van der Waals surface area contributed by atoms with Crippen LogP contribution >= 0.6 is 11.3 Å². The molecular formula is C18H31N3OS. The molecule has 5 heteroatoms. The standard InChI is InChI=1S/C18H31N3OS/c1-3-22-14(2)21-16-6-7-17(21)12-15(11-16)20-9-8-19-13-18-5-4-10-23-18/h4-5,10,14-17,19-20H,3,6-9,11-13H2,1-2H3. The van der Waals surface area contributed by atoms with E-state index in [0.29, 0.717) is 18.1 Å². The molecule has 4 nitrogen and oxygen atoms in total. The first-order valence-electron chi connectivity index (χ1n) is 9.13. The summed E-state index contributed by atoms with van der Waals surface area (Å²) in [6.07, 6.45) is 5.52. The van der Waals surface area contributed by atoms with Crippen LogP contribution in [-0.4, -0.2) is 48.9 Å². The summed E-state index contributed by atoms with van der Waals surface area (Å²) in [5.41, 5.74) is 0. The first kappa shape index (κ1) is 17.4. The molecule has 0 amide bonds. The molecule has 1 aromatic heterocycles. The van der Waals surface area contributed by atoms with Gasteiger partial charge in [-0.05, 0) is 51.0 Å². The zero-order valence-electron chi connectivity index (χ0n) is 14.5. The van der Waals surface area contributed by atoms with E-state index < -0.39 is 0 Å². The molecule has 2 aliphatic heterocycles. The Kier molecular flexibility index (Phi) is 6.48. The van der Waals surface area contributed by atoms with Crippen LogP contribution in [0.3, 0.4) is 0 Å². The molecule has 3 unspecified atom stereocenters. The zero-order chi connectivity index (χ0) is 16.1. The minimum absolute atomic E-state index is 0.283. The summed E-state index contributed by atoms with van der Waals surface area (Å²) in [6.45, 7) is 8.23. The Morgan fingerprint density at radius 2 is 2.09 bits per heavy atom. The summed E-state index contributed by atoms with van der Waals surface area (Å²) in [5, 5.41) is 9.44. The number of piperidine rings is 1. The van der Waals surface area contributed by atoms with E-state index in [4.69, 9.17) is 4.74 Å². The summed E-state index contributed by atoms with van der Waals surface area (Å²) >= 11 is 1.82. The highest BCUT2D eigenvalue weighted by atomic mass is 32.1. The lowest BCUT2D eigenvalue weighted by atomic mass is 9.97.